The van der Waals surface area contributed by atoms with Crippen molar-refractivity contribution in [1.82, 2.24) is 0 Å². The van der Waals surface area contributed by atoms with Crippen molar-refractivity contribution in [1.29, 1.82) is 0 Å². The van der Waals surface area contributed by atoms with Gasteiger partial charge in [-0.15, -0.1) is 0 Å². The summed E-state index contributed by atoms with van der Waals surface area (Å²) in [4.78, 5) is 27.0. The number of halogens is 2. The van der Waals surface area contributed by atoms with E-state index in [0.29, 0.717) is 26.4 Å². The van der Waals surface area contributed by atoms with Gasteiger partial charge in [0.2, 0.25) is 0 Å². The van der Waals surface area contributed by atoms with Crippen LogP contribution < -0.4 is 10.1 Å². The van der Waals surface area contributed by atoms with Crippen LogP contribution in [0.1, 0.15) is 11.1 Å². The van der Waals surface area contributed by atoms with Gasteiger partial charge in [-0.05, 0) is 40.5 Å². The monoisotopic (exact) mass is 423 g/mol. The lowest BCUT2D eigenvalue weighted by Crippen LogP contribution is -2.14. The van der Waals surface area contributed by atoms with Gasteiger partial charge in [-0.2, -0.15) is 0 Å². The molecule has 128 valence electrons. The Morgan fingerprint density at radius 3 is 2.72 bits per heavy atom. The third-order valence-electron chi connectivity index (χ3n) is 3.77. The number of hydrogen-bond acceptors (Lipinski definition) is 5. The Hall–Kier alpha value is -2.45. The van der Waals surface area contributed by atoms with E-state index < -0.39 is 4.92 Å². The molecule has 0 saturated carbocycles. The third kappa shape index (κ3) is 2.98. The zero-order valence-electron chi connectivity index (χ0n) is 13.1. The quantitative estimate of drug-likeness (QED) is 0.583. The van der Waals surface area contributed by atoms with Gasteiger partial charge in [-0.1, -0.05) is 11.6 Å². The smallest absolute Gasteiger partial charge is 0.275 e. The minimum Gasteiger partial charge on any atom is -0.494 e. The first-order valence-electron chi connectivity index (χ1n) is 7.05. The maximum Gasteiger partial charge on any atom is 0.275 e. The summed E-state index contributed by atoms with van der Waals surface area (Å²) in [5.74, 6) is -0.180. The molecule has 2 aromatic rings. The first kappa shape index (κ1) is 17.4. The van der Waals surface area contributed by atoms with Gasteiger partial charge in [-0.25, -0.2) is 4.99 Å². The molecule has 0 atom stereocenters. The number of carbonyl (C=O) groups is 1. The molecule has 25 heavy (non-hydrogen) atoms. The highest BCUT2D eigenvalue weighted by Gasteiger charge is 2.30. The lowest BCUT2D eigenvalue weighted by Gasteiger charge is -2.08. The second-order valence-corrected chi connectivity index (χ2v) is 6.48. The molecule has 1 aliphatic heterocycles. The van der Waals surface area contributed by atoms with Gasteiger partial charge in [0.1, 0.15) is 11.4 Å². The molecule has 0 fully saturated rings. The Bertz CT molecular complexity index is 959. The van der Waals surface area contributed by atoms with Crippen LogP contribution in [0.25, 0.3) is 0 Å². The number of nitro benzene ring substituents is 1. The topological polar surface area (TPSA) is 93.8 Å². The predicted octanol–water partition coefficient (Wildman–Crippen LogP) is 4.40. The van der Waals surface area contributed by atoms with Crippen LogP contribution in [0, 0.1) is 17.0 Å². The molecular weight excluding hydrogens is 414 g/mol. The number of benzene rings is 2. The number of hydrogen-bond donors (Lipinski definition) is 1. The van der Waals surface area contributed by atoms with Crippen LogP contribution in [0.2, 0.25) is 5.02 Å². The average Bonchev–Trinajstić information content (AvgIpc) is 2.89. The van der Waals surface area contributed by atoms with E-state index >= 15 is 0 Å². The SMILES string of the molecule is COc1cc([N+](=O)[O-])ccc1N=C1C(=O)Nc2c1cc(Br)c(Cl)c2C. The molecule has 3 rings (SSSR count). The number of rotatable bonds is 3. The van der Waals surface area contributed by atoms with Gasteiger partial charge >= 0.3 is 0 Å². The molecule has 1 aliphatic rings. The van der Waals surface area contributed by atoms with Gasteiger partial charge in [0, 0.05) is 16.1 Å². The second kappa shape index (κ2) is 6.45. The lowest BCUT2D eigenvalue weighted by molar-refractivity contribution is -0.384. The molecule has 1 heterocycles. The summed E-state index contributed by atoms with van der Waals surface area (Å²) >= 11 is 9.55. The van der Waals surface area contributed by atoms with Crippen molar-refractivity contribution in [3.8, 4) is 5.75 Å². The molecule has 7 nitrogen and oxygen atoms in total. The molecule has 1 N–H and O–H groups in total. The molecule has 1 amide bonds. The second-order valence-electron chi connectivity index (χ2n) is 5.25. The first-order chi connectivity index (χ1) is 11.8. The van der Waals surface area contributed by atoms with Crippen molar-refractivity contribution in [3.05, 3.63) is 55.0 Å². The number of amides is 1. The van der Waals surface area contributed by atoms with Crippen molar-refractivity contribution in [3.63, 3.8) is 0 Å². The number of nitrogens with zero attached hydrogens (tertiary/aromatic N) is 2. The van der Waals surface area contributed by atoms with E-state index in [1.807, 2.05) is 0 Å². The van der Waals surface area contributed by atoms with Gasteiger partial charge in [0.15, 0.2) is 5.75 Å². The molecule has 0 bridgehead atoms. The molecule has 9 heteroatoms. The van der Waals surface area contributed by atoms with Gasteiger partial charge in [-0.3, -0.25) is 14.9 Å². The normalized spacial score (nSPS) is 14.4. The van der Waals surface area contributed by atoms with E-state index in [4.69, 9.17) is 16.3 Å². The fourth-order valence-electron chi connectivity index (χ4n) is 2.50. The van der Waals surface area contributed by atoms with Gasteiger partial charge in [0.25, 0.3) is 11.6 Å². The molecule has 0 radical (unpaired) electrons. The van der Waals surface area contributed by atoms with Gasteiger partial charge in [0.05, 0.1) is 28.8 Å². The highest BCUT2D eigenvalue weighted by molar-refractivity contribution is 9.10. The van der Waals surface area contributed by atoms with E-state index in [0.717, 1.165) is 5.56 Å². The van der Waals surface area contributed by atoms with Crippen LogP contribution in [-0.2, 0) is 4.79 Å². The maximum atomic E-state index is 12.3. The summed E-state index contributed by atoms with van der Waals surface area (Å²) in [6, 6.07) is 5.71. The Balaban J connectivity index is 2.16. The summed E-state index contributed by atoms with van der Waals surface area (Å²) in [5.41, 5.74) is 2.29. The van der Waals surface area contributed by atoms with E-state index in [-0.39, 0.29) is 23.1 Å². The molecule has 0 saturated heterocycles. The van der Waals surface area contributed by atoms with Crippen LogP contribution in [0.4, 0.5) is 17.1 Å². The molecule has 0 unspecified atom stereocenters. The van der Waals surface area contributed by atoms with E-state index in [1.165, 1.54) is 25.3 Å². The Kier molecular flexibility index (Phi) is 4.49. The predicted molar refractivity (Wildman–Crippen MR) is 98.4 cm³/mol. The van der Waals surface area contributed by atoms with E-state index in [1.54, 1.807) is 13.0 Å². The minimum atomic E-state index is -0.528. The molecule has 0 spiro atoms. The first-order valence-corrected chi connectivity index (χ1v) is 8.22. The number of methoxy groups -OCH3 is 1. The average molecular weight is 425 g/mol. The lowest BCUT2D eigenvalue weighted by atomic mass is 10.1. The summed E-state index contributed by atoms with van der Waals surface area (Å²) in [6.07, 6.45) is 0. The number of nitro groups is 1. The van der Waals surface area contributed by atoms with Crippen molar-refractivity contribution in [2.75, 3.05) is 12.4 Å². The van der Waals surface area contributed by atoms with Crippen LogP contribution in [-0.4, -0.2) is 23.7 Å². The Labute approximate surface area is 155 Å². The fraction of sp³-hybridized carbons (Fsp3) is 0.125. The highest BCUT2D eigenvalue weighted by atomic mass is 79.9. The molecule has 2 aromatic carbocycles. The summed E-state index contributed by atoms with van der Waals surface area (Å²) in [7, 11) is 1.38. The number of ether oxygens (including phenoxy) is 1. The largest absolute Gasteiger partial charge is 0.494 e. The number of carbonyl (C=O) groups excluding carboxylic acids is 1. The van der Waals surface area contributed by atoms with Crippen LogP contribution >= 0.6 is 27.5 Å². The molecule has 0 aliphatic carbocycles. The Morgan fingerprint density at radius 2 is 2.08 bits per heavy atom. The number of nitrogens with one attached hydrogen (secondary N) is 1. The van der Waals surface area contributed by atoms with Crippen molar-refractivity contribution in [2.45, 2.75) is 6.92 Å². The fourth-order valence-corrected chi connectivity index (χ4v) is 3.18. The van der Waals surface area contributed by atoms with Crippen LogP contribution in [0.15, 0.2) is 33.7 Å². The van der Waals surface area contributed by atoms with E-state index in [2.05, 4.69) is 26.2 Å². The zero-order chi connectivity index (χ0) is 18.3. The number of non-ortho nitro benzene ring substituents is 1. The van der Waals surface area contributed by atoms with Crippen molar-refractivity contribution in [2.24, 2.45) is 4.99 Å². The zero-order valence-corrected chi connectivity index (χ0v) is 15.4. The highest BCUT2D eigenvalue weighted by Crippen LogP contribution is 2.39. The standard InChI is InChI=1S/C16H11BrClN3O4/c1-7-13(18)10(17)6-9-14(7)20-16(22)15(9)19-11-4-3-8(21(23)24)5-12(11)25-2/h3-6H,1-2H3,(H,19,20,22). The van der Waals surface area contributed by atoms with Crippen LogP contribution in [0.5, 0.6) is 5.75 Å². The molecular formula is C16H11BrClN3O4. The number of anilines is 1. The minimum absolute atomic E-state index is 0.123. The number of aliphatic imine (C=N–C) groups is 1. The van der Waals surface area contributed by atoms with Crippen LogP contribution in [0.3, 0.4) is 0 Å². The Morgan fingerprint density at radius 1 is 1.36 bits per heavy atom. The van der Waals surface area contributed by atoms with Gasteiger partial charge < -0.3 is 10.1 Å². The number of fused-ring (bicyclic) bond motifs is 1. The molecule has 0 aromatic heterocycles. The van der Waals surface area contributed by atoms with Crippen molar-refractivity contribution >= 4 is 56.2 Å². The summed E-state index contributed by atoms with van der Waals surface area (Å²) in [6.45, 7) is 1.79. The maximum absolute atomic E-state index is 12.3. The summed E-state index contributed by atoms with van der Waals surface area (Å²) in [5, 5.41) is 14.1. The van der Waals surface area contributed by atoms with Crippen molar-refractivity contribution < 1.29 is 14.5 Å². The van der Waals surface area contributed by atoms with E-state index in [9.17, 15) is 14.9 Å². The third-order valence-corrected chi connectivity index (χ3v) is 5.11. The summed E-state index contributed by atoms with van der Waals surface area (Å²) < 4.78 is 5.81.